The molecule has 1 atom stereocenters. The number of aromatic nitrogens is 1. The first kappa shape index (κ1) is 17.4. The molecule has 6 heteroatoms. The van der Waals surface area contributed by atoms with Gasteiger partial charge in [0.05, 0.1) is 19.8 Å². The fourth-order valence-electron chi connectivity index (χ4n) is 2.79. The molecule has 1 fully saturated rings. The van der Waals surface area contributed by atoms with Crippen molar-refractivity contribution < 1.29 is 19.4 Å². The Balaban J connectivity index is 1.70. The van der Waals surface area contributed by atoms with E-state index in [0.717, 1.165) is 5.56 Å². The van der Waals surface area contributed by atoms with Crippen molar-refractivity contribution in [3.63, 3.8) is 0 Å². The summed E-state index contributed by atoms with van der Waals surface area (Å²) < 4.78 is 11.3. The molecule has 1 N–H and O–H groups in total. The molecule has 0 spiro atoms. The second-order valence-electron chi connectivity index (χ2n) is 6.29. The van der Waals surface area contributed by atoms with Crippen molar-refractivity contribution in [1.82, 2.24) is 9.88 Å². The molecule has 2 aromatic rings. The SMILES string of the molecule is Cc1ccccc1OC[C@@]1(O)COCCN(C(=O)c2ccncc2)C1. The van der Waals surface area contributed by atoms with E-state index in [1.165, 1.54) is 0 Å². The molecular weight excluding hydrogens is 320 g/mol. The number of aryl methyl sites for hydroxylation is 1. The number of rotatable bonds is 4. The molecule has 0 unspecified atom stereocenters. The summed E-state index contributed by atoms with van der Waals surface area (Å²) >= 11 is 0. The summed E-state index contributed by atoms with van der Waals surface area (Å²) in [5.74, 6) is 0.564. The summed E-state index contributed by atoms with van der Waals surface area (Å²) in [5, 5.41) is 10.9. The Bertz CT molecular complexity index is 722. The third-order valence-corrected chi connectivity index (χ3v) is 4.17. The Hall–Kier alpha value is -2.44. The molecule has 6 nitrogen and oxygen atoms in total. The Morgan fingerprint density at radius 2 is 2.08 bits per heavy atom. The molecule has 0 radical (unpaired) electrons. The van der Waals surface area contributed by atoms with Crippen LogP contribution in [0.5, 0.6) is 5.75 Å². The van der Waals surface area contributed by atoms with Crippen LogP contribution in [0.25, 0.3) is 0 Å². The van der Waals surface area contributed by atoms with Gasteiger partial charge in [0.15, 0.2) is 0 Å². The average molecular weight is 342 g/mol. The van der Waals surface area contributed by atoms with Gasteiger partial charge in [-0.1, -0.05) is 18.2 Å². The van der Waals surface area contributed by atoms with E-state index in [1.54, 1.807) is 29.4 Å². The number of ether oxygens (including phenoxy) is 2. The summed E-state index contributed by atoms with van der Waals surface area (Å²) in [7, 11) is 0. The lowest BCUT2D eigenvalue weighted by molar-refractivity contribution is -0.0622. The molecule has 1 saturated heterocycles. The van der Waals surface area contributed by atoms with E-state index in [1.807, 2.05) is 31.2 Å². The highest BCUT2D eigenvalue weighted by Crippen LogP contribution is 2.20. The second kappa shape index (κ2) is 7.63. The number of hydrogen-bond acceptors (Lipinski definition) is 5. The largest absolute Gasteiger partial charge is 0.490 e. The minimum absolute atomic E-state index is 0.0536. The van der Waals surface area contributed by atoms with Crippen LogP contribution in [0.2, 0.25) is 0 Å². The molecule has 1 aliphatic rings. The predicted octanol–water partition coefficient (Wildman–Crippen LogP) is 1.67. The number of hydrogen-bond donors (Lipinski definition) is 1. The number of amides is 1. The highest BCUT2D eigenvalue weighted by Gasteiger charge is 2.35. The van der Waals surface area contributed by atoms with Gasteiger partial charge in [-0.3, -0.25) is 9.78 Å². The van der Waals surface area contributed by atoms with Crippen molar-refractivity contribution in [2.45, 2.75) is 12.5 Å². The standard InChI is InChI=1S/C19H22N2O4/c1-15-4-2-3-5-17(15)25-14-19(23)12-21(10-11-24-13-19)18(22)16-6-8-20-9-7-16/h2-9,23H,10-14H2,1H3/t19-/m0/s1. The Labute approximate surface area is 147 Å². The fourth-order valence-corrected chi connectivity index (χ4v) is 2.79. The monoisotopic (exact) mass is 342 g/mol. The summed E-state index contributed by atoms with van der Waals surface area (Å²) in [6.07, 6.45) is 3.16. The predicted molar refractivity (Wildman–Crippen MR) is 92.6 cm³/mol. The van der Waals surface area contributed by atoms with Gasteiger partial charge in [0.2, 0.25) is 0 Å². The van der Waals surface area contributed by atoms with Crippen LogP contribution in [-0.4, -0.2) is 59.4 Å². The van der Waals surface area contributed by atoms with Gasteiger partial charge in [-0.05, 0) is 30.7 Å². The molecular formula is C19H22N2O4. The quantitative estimate of drug-likeness (QED) is 0.915. The van der Waals surface area contributed by atoms with Crippen molar-refractivity contribution in [3.05, 3.63) is 59.9 Å². The zero-order valence-corrected chi connectivity index (χ0v) is 14.2. The van der Waals surface area contributed by atoms with Crippen LogP contribution in [0.3, 0.4) is 0 Å². The number of nitrogens with zero attached hydrogens (tertiary/aromatic N) is 2. The van der Waals surface area contributed by atoms with E-state index in [9.17, 15) is 9.90 Å². The highest BCUT2D eigenvalue weighted by molar-refractivity contribution is 5.94. The van der Waals surface area contributed by atoms with Crippen molar-refractivity contribution in [2.75, 3.05) is 32.9 Å². The number of β-amino-alcohol motifs (C(OH)–C–C–N with tert-alkyl or cyclic N) is 1. The molecule has 25 heavy (non-hydrogen) atoms. The molecule has 1 amide bonds. The summed E-state index contributed by atoms with van der Waals surface area (Å²) in [6.45, 7) is 3.08. The van der Waals surface area contributed by atoms with Crippen LogP contribution in [0, 0.1) is 6.92 Å². The number of carbonyl (C=O) groups excluding carboxylic acids is 1. The van der Waals surface area contributed by atoms with Gasteiger partial charge in [-0.2, -0.15) is 0 Å². The van der Waals surface area contributed by atoms with Crippen molar-refractivity contribution in [2.24, 2.45) is 0 Å². The number of para-hydroxylation sites is 1. The fraction of sp³-hybridized carbons (Fsp3) is 0.368. The maximum atomic E-state index is 12.7. The maximum absolute atomic E-state index is 12.7. The first-order chi connectivity index (χ1) is 12.1. The molecule has 132 valence electrons. The second-order valence-corrected chi connectivity index (χ2v) is 6.29. The van der Waals surface area contributed by atoms with Crippen molar-refractivity contribution in [1.29, 1.82) is 0 Å². The van der Waals surface area contributed by atoms with Crippen LogP contribution < -0.4 is 4.74 Å². The first-order valence-corrected chi connectivity index (χ1v) is 8.25. The van der Waals surface area contributed by atoms with E-state index in [2.05, 4.69) is 4.98 Å². The molecule has 1 aromatic heterocycles. The number of aliphatic hydroxyl groups is 1. The third kappa shape index (κ3) is 4.35. The van der Waals surface area contributed by atoms with E-state index in [0.29, 0.717) is 24.5 Å². The van der Waals surface area contributed by atoms with Gasteiger partial charge < -0.3 is 19.5 Å². The van der Waals surface area contributed by atoms with Gasteiger partial charge in [0.25, 0.3) is 5.91 Å². The smallest absolute Gasteiger partial charge is 0.254 e. The van der Waals surface area contributed by atoms with Crippen molar-refractivity contribution >= 4 is 5.91 Å². The average Bonchev–Trinajstić information content (AvgIpc) is 2.83. The Kier molecular flexibility index (Phi) is 5.31. The lowest BCUT2D eigenvalue weighted by atomic mass is 10.1. The van der Waals surface area contributed by atoms with Gasteiger partial charge in [-0.15, -0.1) is 0 Å². The molecule has 0 saturated carbocycles. The first-order valence-electron chi connectivity index (χ1n) is 8.25. The topological polar surface area (TPSA) is 71.9 Å². The Morgan fingerprint density at radius 1 is 1.32 bits per heavy atom. The zero-order valence-electron chi connectivity index (χ0n) is 14.2. The Morgan fingerprint density at radius 3 is 2.84 bits per heavy atom. The van der Waals surface area contributed by atoms with E-state index in [-0.39, 0.29) is 25.7 Å². The van der Waals surface area contributed by atoms with Crippen LogP contribution >= 0.6 is 0 Å². The lowest BCUT2D eigenvalue weighted by Gasteiger charge is -2.30. The zero-order chi connectivity index (χ0) is 17.7. The normalized spacial score (nSPS) is 20.8. The van der Waals surface area contributed by atoms with Gasteiger partial charge in [-0.25, -0.2) is 0 Å². The molecule has 0 aliphatic carbocycles. The minimum atomic E-state index is -1.26. The third-order valence-electron chi connectivity index (χ3n) is 4.17. The molecule has 3 rings (SSSR count). The van der Waals surface area contributed by atoms with Crippen LogP contribution in [0.15, 0.2) is 48.8 Å². The maximum Gasteiger partial charge on any atom is 0.254 e. The molecule has 2 heterocycles. The minimum Gasteiger partial charge on any atom is -0.490 e. The van der Waals surface area contributed by atoms with Crippen LogP contribution in [0.1, 0.15) is 15.9 Å². The van der Waals surface area contributed by atoms with Crippen LogP contribution in [0.4, 0.5) is 0 Å². The van der Waals surface area contributed by atoms with E-state index >= 15 is 0 Å². The highest BCUT2D eigenvalue weighted by atomic mass is 16.5. The van der Waals surface area contributed by atoms with E-state index in [4.69, 9.17) is 9.47 Å². The van der Waals surface area contributed by atoms with Gasteiger partial charge in [0.1, 0.15) is 18.0 Å². The number of pyridine rings is 1. The van der Waals surface area contributed by atoms with Crippen LogP contribution in [-0.2, 0) is 4.74 Å². The molecule has 0 bridgehead atoms. The molecule has 1 aromatic carbocycles. The van der Waals surface area contributed by atoms with Gasteiger partial charge in [0, 0.05) is 24.5 Å². The van der Waals surface area contributed by atoms with Gasteiger partial charge >= 0.3 is 0 Å². The lowest BCUT2D eigenvalue weighted by Crippen LogP contribution is -2.50. The number of benzene rings is 1. The molecule has 1 aliphatic heterocycles. The summed E-state index contributed by atoms with van der Waals surface area (Å²) in [6, 6.07) is 10.9. The summed E-state index contributed by atoms with van der Waals surface area (Å²) in [5.41, 5.74) is 0.269. The number of carbonyl (C=O) groups is 1. The van der Waals surface area contributed by atoms with Crippen molar-refractivity contribution in [3.8, 4) is 5.75 Å². The van der Waals surface area contributed by atoms with E-state index < -0.39 is 5.60 Å². The summed E-state index contributed by atoms with van der Waals surface area (Å²) in [4.78, 5) is 18.2.